The second kappa shape index (κ2) is 3.78. The molecule has 1 nitrogen and oxygen atoms in total. The van der Waals surface area contributed by atoms with E-state index in [1.54, 1.807) is 0 Å². The summed E-state index contributed by atoms with van der Waals surface area (Å²) in [6.45, 7) is 7.57. The third-order valence-corrected chi connectivity index (χ3v) is 5.30. The Balaban J connectivity index is 1.84. The van der Waals surface area contributed by atoms with Crippen LogP contribution in [0, 0.1) is 17.8 Å². The first-order valence-corrected chi connectivity index (χ1v) is 7.15. The Morgan fingerprint density at radius 1 is 1.12 bits per heavy atom. The monoisotopic (exact) mass is 219 g/mol. The summed E-state index contributed by atoms with van der Waals surface area (Å²) in [5.74, 6) is 3.14. The Hall–Kier alpha value is -0.460. The van der Waals surface area contributed by atoms with E-state index >= 15 is 0 Å². The molecule has 16 heavy (non-hydrogen) atoms. The van der Waals surface area contributed by atoms with Crippen LogP contribution in [-0.2, 0) is 0 Å². The maximum absolute atomic E-state index is 4.06. The number of nitrogens with zero attached hydrogens (tertiary/aromatic N) is 1. The van der Waals surface area contributed by atoms with Crippen LogP contribution in [0.4, 0.5) is 0 Å². The van der Waals surface area contributed by atoms with Crippen molar-refractivity contribution in [1.82, 2.24) is 4.90 Å². The van der Waals surface area contributed by atoms with Crippen molar-refractivity contribution < 1.29 is 0 Å². The van der Waals surface area contributed by atoms with Crippen molar-refractivity contribution >= 4 is 0 Å². The maximum Gasteiger partial charge on any atom is 0.0404 e. The second-order valence-electron chi connectivity index (χ2n) is 6.52. The average Bonchev–Trinajstić information content (AvgIpc) is 2.23. The molecular formula is C15H25N. The van der Waals surface area contributed by atoms with Crippen molar-refractivity contribution in [2.24, 2.45) is 17.8 Å². The van der Waals surface area contributed by atoms with E-state index in [0.717, 1.165) is 17.8 Å². The molecule has 0 atom stereocenters. The minimum absolute atomic E-state index is 0.534. The summed E-state index contributed by atoms with van der Waals surface area (Å²) in [7, 11) is 0. The molecule has 4 saturated carbocycles. The first-order chi connectivity index (χ1) is 7.75. The first-order valence-electron chi connectivity index (χ1n) is 7.15. The molecule has 4 fully saturated rings. The molecule has 0 aliphatic heterocycles. The molecule has 4 bridgehead atoms. The van der Waals surface area contributed by atoms with Crippen molar-refractivity contribution in [3.05, 3.63) is 12.8 Å². The van der Waals surface area contributed by atoms with Crippen molar-refractivity contribution in [2.45, 2.75) is 57.4 Å². The van der Waals surface area contributed by atoms with Crippen molar-refractivity contribution in [2.75, 3.05) is 6.54 Å². The maximum atomic E-state index is 4.06. The topological polar surface area (TPSA) is 3.24 Å². The van der Waals surface area contributed by atoms with E-state index < -0.39 is 0 Å². The summed E-state index contributed by atoms with van der Waals surface area (Å²) in [6, 6.07) is 0. The zero-order valence-corrected chi connectivity index (χ0v) is 10.6. The molecular weight excluding hydrogens is 194 g/mol. The van der Waals surface area contributed by atoms with Crippen molar-refractivity contribution in [3.63, 3.8) is 0 Å². The molecule has 1 heteroatoms. The number of hydrogen-bond donors (Lipinski definition) is 0. The van der Waals surface area contributed by atoms with E-state index in [4.69, 9.17) is 0 Å². The summed E-state index contributed by atoms with van der Waals surface area (Å²) in [5, 5.41) is 0. The van der Waals surface area contributed by atoms with E-state index in [9.17, 15) is 0 Å². The highest BCUT2D eigenvalue weighted by Gasteiger charge is 2.52. The normalized spacial score (nSPS) is 44.7. The van der Waals surface area contributed by atoms with Gasteiger partial charge in [-0.25, -0.2) is 0 Å². The van der Waals surface area contributed by atoms with Gasteiger partial charge < -0.3 is 4.90 Å². The Kier molecular flexibility index (Phi) is 2.53. The van der Waals surface area contributed by atoms with Gasteiger partial charge >= 0.3 is 0 Å². The first kappa shape index (κ1) is 10.7. The Morgan fingerprint density at radius 2 is 1.62 bits per heavy atom. The molecule has 0 heterocycles. The minimum Gasteiger partial charge on any atom is -0.372 e. The van der Waals surface area contributed by atoms with Crippen LogP contribution in [0.5, 0.6) is 0 Å². The Labute approximate surface area is 99.9 Å². The predicted molar refractivity (Wildman–Crippen MR) is 68.1 cm³/mol. The van der Waals surface area contributed by atoms with Crippen LogP contribution in [0.1, 0.15) is 51.9 Å². The third kappa shape index (κ3) is 1.51. The van der Waals surface area contributed by atoms with E-state index in [1.807, 2.05) is 0 Å². The fourth-order valence-electron chi connectivity index (χ4n) is 5.18. The van der Waals surface area contributed by atoms with Crippen LogP contribution in [0.25, 0.3) is 0 Å². The molecule has 0 aromatic carbocycles. The van der Waals surface area contributed by atoms with Crippen LogP contribution in [0.3, 0.4) is 0 Å². The lowest BCUT2D eigenvalue weighted by Gasteiger charge is -2.60. The van der Waals surface area contributed by atoms with Gasteiger partial charge in [-0.3, -0.25) is 0 Å². The average molecular weight is 219 g/mol. The van der Waals surface area contributed by atoms with Gasteiger partial charge in [0.1, 0.15) is 0 Å². The van der Waals surface area contributed by atoms with Gasteiger partial charge in [0.05, 0.1) is 0 Å². The highest BCUT2D eigenvalue weighted by atomic mass is 15.2. The van der Waals surface area contributed by atoms with E-state index in [2.05, 4.69) is 24.6 Å². The molecule has 4 aliphatic rings. The highest BCUT2D eigenvalue weighted by Crippen LogP contribution is 2.57. The fraction of sp³-hybridized carbons (Fsp3) is 0.867. The molecule has 0 unspecified atom stereocenters. The SMILES string of the molecule is C=CN(CCC)C12CC3CC(CC(C3)C1)C2. The van der Waals surface area contributed by atoms with Gasteiger partial charge in [-0.1, -0.05) is 13.5 Å². The standard InChI is InChI=1S/C15H25N/c1-3-5-16(4-2)15-9-12-6-13(10-15)8-14(7-12)11-15/h4,12-14H,2-3,5-11H2,1H3. The van der Waals surface area contributed by atoms with E-state index in [0.29, 0.717) is 5.54 Å². The molecule has 0 saturated heterocycles. The van der Waals surface area contributed by atoms with Gasteiger partial charge in [-0.15, -0.1) is 0 Å². The molecule has 90 valence electrons. The molecule has 4 aliphatic carbocycles. The fourth-order valence-corrected chi connectivity index (χ4v) is 5.18. The zero-order valence-electron chi connectivity index (χ0n) is 10.6. The molecule has 0 spiro atoms. The van der Waals surface area contributed by atoms with Crippen LogP contribution in [0.2, 0.25) is 0 Å². The summed E-state index contributed by atoms with van der Waals surface area (Å²) >= 11 is 0. The van der Waals surface area contributed by atoms with Gasteiger partial charge in [0.25, 0.3) is 0 Å². The van der Waals surface area contributed by atoms with Crippen LogP contribution in [0.15, 0.2) is 12.8 Å². The summed E-state index contributed by atoms with van der Waals surface area (Å²) in [4.78, 5) is 2.61. The number of hydrogen-bond acceptors (Lipinski definition) is 1. The molecule has 4 rings (SSSR count). The summed E-state index contributed by atoms with van der Waals surface area (Å²) in [5.41, 5.74) is 0.534. The van der Waals surface area contributed by atoms with Gasteiger partial charge in [-0.2, -0.15) is 0 Å². The lowest BCUT2D eigenvalue weighted by Crippen LogP contribution is -2.58. The van der Waals surface area contributed by atoms with Gasteiger partial charge in [0.15, 0.2) is 0 Å². The second-order valence-corrected chi connectivity index (χ2v) is 6.52. The Morgan fingerprint density at radius 3 is 2.00 bits per heavy atom. The molecule has 0 aromatic rings. The van der Waals surface area contributed by atoms with Crippen LogP contribution in [-0.4, -0.2) is 17.0 Å². The largest absolute Gasteiger partial charge is 0.372 e. The molecule has 0 amide bonds. The van der Waals surface area contributed by atoms with Crippen molar-refractivity contribution in [1.29, 1.82) is 0 Å². The van der Waals surface area contributed by atoms with E-state index in [-0.39, 0.29) is 0 Å². The summed E-state index contributed by atoms with van der Waals surface area (Å²) in [6.07, 6.45) is 12.4. The van der Waals surface area contributed by atoms with Gasteiger partial charge in [0, 0.05) is 12.1 Å². The highest BCUT2D eigenvalue weighted by molar-refractivity contribution is 5.08. The lowest BCUT2D eigenvalue weighted by molar-refractivity contribution is -0.0703. The lowest BCUT2D eigenvalue weighted by atomic mass is 9.52. The molecule has 0 radical (unpaired) electrons. The van der Waals surface area contributed by atoms with Gasteiger partial charge in [0.2, 0.25) is 0 Å². The molecule has 0 aromatic heterocycles. The smallest absolute Gasteiger partial charge is 0.0404 e. The predicted octanol–water partition coefficient (Wildman–Crippen LogP) is 3.81. The summed E-state index contributed by atoms with van der Waals surface area (Å²) < 4.78 is 0. The van der Waals surface area contributed by atoms with Crippen LogP contribution >= 0.6 is 0 Å². The third-order valence-electron chi connectivity index (χ3n) is 5.30. The number of rotatable bonds is 4. The molecule has 0 N–H and O–H groups in total. The van der Waals surface area contributed by atoms with Crippen LogP contribution < -0.4 is 0 Å². The minimum atomic E-state index is 0.534. The quantitative estimate of drug-likeness (QED) is 0.695. The van der Waals surface area contributed by atoms with E-state index in [1.165, 1.54) is 51.5 Å². The van der Waals surface area contributed by atoms with Crippen molar-refractivity contribution in [3.8, 4) is 0 Å². The Bertz CT molecular complexity index is 246. The van der Waals surface area contributed by atoms with Gasteiger partial charge in [-0.05, 0) is 68.9 Å². The zero-order chi connectivity index (χ0) is 11.2.